The van der Waals surface area contributed by atoms with Crippen LogP contribution in [0.1, 0.15) is 28.4 Å². The first-order valence-corrected chi connectivity index (χ1v) is 13.6. The fourth-order valence-electron chi connectivity index (χ4n) is 5.08. The van der Waals surface area contributed by atoms with Crippen molar-refractivity contribution in [1.29, 1.82) is 0 Å². The van der Waals surface area contributed by atoms with Crippen LogP contribution >= 0.6 is 0 Å². The third-order valence-corrected chi connectivity index (χ3v) is 7.29. The summed E-state index contributed by atoms with van der Waals surface area (Å²) in [5, 5.41) is 11.3. The lowest BCUT2D eigenvalue weighted by molar-refractivity contribution is -0.144. The van der Waals surface area contributed by atoms with Crippen molar-refractivity contribution in [2.24, 2.45) is 11.8 Å². The lowest BCUT2D eigenvalue weighted by atomic mass is 9.83. The van der Waals surface area contributed by atoms with Gasteiger partial charge in [0.15, 0.2) is 23.0 Å². The number of aliphatic hydroxyl groups excluding tert-OH is 1. The topological polar surface area (TPSA) is 83.5 Å². The van der Waals surface area contributed by atoms with E-state index in [2.05, 4.69) is 0 Å². The molecule has 3 atom stereocenters. The van der Waals surface area contributed by atoms with Crippen LogP contribution in [-0.2, 0) is 29.2 Å². The maximum Gasteiger partial charge on any atom is 0.312 e. The van der Waals surface area contributed by atoms with E-state index in [0.29, 0.717) is 48.2 Å². The molecule has 41 heavy (non-hydrogen) atoms. The number of hydrogen-bond acceptors (Lipinski definition) is 7. The van der Waals surface area contributed by atoms with Crippen molar-refractivity contribution in [3.05, 3.63) is 119 Å². The summed E-state index contributed by atoms with van der Waals surface area (Å²) < 4.78 is 28.5. The third-order valence-electron chi connectivity index (χ3n) is 7.29. The van der Waals surface area contributed by atoms with Gasteiger partial charge in [-0.25, -0.2) is 0 Å². The lowest BCUT2D eigenvalue weighted by Gasteiger charge is -2.22. The minimum absolute atomic E-state index is 0.224. The van der Waals surface area contributed by atoms with E-state index in [0.717, 1.165) is 16.7 Å². The number of esters is 1. The molecular weight excluding hydrogens is 520 g/mol. The second-order valence-corrected chi connectivity index (χ2v) is 10.0. The molecule has 5 rings (SSSR count). The Hall–Kier alpha value is -4.49. The molecule has 0 spiro atoms. The average Bonchev–Trinajstić information content (AvgIpc) is 3.39. The van der Waals surface area contributed by atoms with Crippen molar-refractivity contribution in [2.45, 2.75) is 25.7 Å². The van der Waals surface area contributed by atoms with Gasteiger partial charge in [-0.2, -0.15) is 0 Å². The van der Waals surface area contributed by atoms with Crippen LogP contribution in [0.4, 0.5) is 0 Å². The van der Waals surface area contributed by atoms with Gasteiger partial charge in [-0.15, -0.1) is 0 Å². The third kappa shape index (κ3) is 6.81. The van der Waals surface area contributed by atoms with Gasteiger partial charge in [-0.1, -0.05) is 72.8 Å². The summed E-state index contributed by atoms with van der Waals surface area (Å²) in [5.74, 6) is 0.916. The standard InChI is InChI=1S/C34H34O7/c1-37-30-18-25(13-15-28(30)39-20-23-9-5-3-6-10-23)17-27-22-41-34(36)32(27)33(35)26-14-16-29(31(19-26)38-2)40-21-24-11-7-4-8-12-24/h3-16,18-19,27,32-33,35H,17,20-22H2,1-2H3/t27-,32-,33-/m0/s1. The molecule has 212 valence electrons. The Morgan fingerprint density at radius 2 is 1.29 bits per heavy atom. The zero-order valence-electron chi connectivity index (χ0n) is 23.2. The monoisotopic (exact) mass is 554 g/mol. The molecule has 0 aliphatic carbocycles. The van der Waals surface area contributed by atoms with Crippen LogP contribution in [0.2, 0.25) is 0 Å². The molecular formula is C34H34O7. The second kappa shape index (κ2) is 13.2. The molecule has 0 amide bonds. The van der Waals surface area contributed by atoms with E-state index in [1.165, 1.54) is 0 Å². The normalized spacial score (nSPS) is 17.0. The number of carbonyl (C=O) groups excluding carboxylic acids is 1. The van der Waals surface area contributed by atoms with Crippen molar-refractivity contribution in [1.82, 2.24) is 0 Å². The van der Waals surface area contributed by atoms with Crippen molar-refractivity contribution in [2.75, 3.05) is 20.8 Å². The van der Waals surface area contributed by atoms with Gasteiger partial charge in [0.25, 0.3) is 0 Å². The Morgan fingerprint density at radius 3 is 1.88 bits per heavy atom. The summed E-state index contributed by atoms with van der Waals surface area (Å²) in [5.41, 5.74) is 3.61. The van der Waals surface area contributed by atoms with Gasteiger partial charge in [0.05, 0.1) is 32.8 Å². The van der Waals surface area contributed by atoms with E-state index >= 15 is 0 Å². The SMILES string of the molecule is COc1cc(C[C@H]2COC(=O)[C@@H]2[C@@H](O)c2ccc(OCc3ccccc3)c(OC)c2)ccc1OCc1ccccc1. The molecule has 4 aromatic rings. The first-order chi connectivity index (χ1) is 20.1. The van der Waals surface area contributed by atoms with Crippen LogP contribution < -0.4 is 18.9 Å². The molecule has 0 aromatic heterocycles. The first kappa shape index (κ1) is 28.1. The van der Waals surface area contributed by atoms with Crippen molar-refractivity contribution < 1.29 is 33.6 Å². The molecule has 4 aromatic carbocycles. The van der Waals surface area contributed by atoms with E-state index in [9.17, 15) is 9.90 Å². The summed E-state index contributed by atoms with van der Waals surface area (Å²) in [6, 6.07) is 30.7. The molecule has 1 saturated heterocycles. The number of methoxy groups -OCH3 is 2. The molecule has 7 nitrogen and oxygen atoms in total. The molecule has 1 aliphatic rings. The summed E-state index contributed by atoms with van der Waals surface area (Å²) in [4.78, 5) is 12.8. The van der Waals surface area contributed by atoms with Gasteiger partial charge in [0.2, 0.25) is 0 Å². The van der Waals surface area contributed by atoms with Crippen LogP contribution in [0.15, 0.2) is 97.1 Å². The van der Waals surface area contributed by atoms with Crippen LogP contribution in [0.5, 0.6) is 23.0 Å². The zero-order chi connectivity index (χ0) is 28.6. The Balaban J connectivity index is 1.27. The number of hydrogen-bond donors (Lipinski definition) is 1. The Kier molecular flexibility index (Phi) is 9.06. The summed E-state index contributed by atoms with van der Waals surface area (Å²) in [6.07, 6.45) is -0.541. The molecule has 0 radical (unpaired) electrons. The number of aliphatic hydroxyl groups is 1. The Bertz CT molecular complexity index is 1440. The lowest BCUT2D eigenvalue weighted by Crippen LogP contribution is -2.25. The highest BCUT2D eigenvalue weighted by Gasteiger charge is 2.42. The maximum absolute atomic E-state index is 12.8. The molecule has 1 heterocycles. The molecule has 0 unspecified atom stereocenters. The fourth-order valence-corrected chi connectivity index (χ4v) is 5.08. The van der Waals surface area contributed by atoms with E-state index in [-0.39, 0.29) is 12.5 Å². The average molecular weight is 555 g/mol. The smallest absolute Gasteiger partial charge is 0.312 e. The van der Waals surface area contributed by atoms with Gasteiger partial charge >= 0.3 is 5.97 Å². The highest BCUT2D eigenvalue weighted by atomic mass is 16.5. The summed E-state index contributed by atoms with van der Waals surface area (Å²) in [7, 11) is 3.15. The van der Waals surface area contributed by atoms with Gasteiger partial charge < -0.3 is 28.8 Å². The molecule has 7 heteroatoms. The molecule has 0 bridgehead atoms. The number of carbonyl (C=O) groups is 1. The minimum atomic E-state index is -1.07. The highest BCUT2D eigenvalue weighted by molar-refractivity contribution is 5.76. The predicted octanol–water partition coefficient (Wildman–Crippen LogP) is 5.93. The minimum Gasteiger partial charge on any atom is -0.493 e. The summed E-state index contributed by atoms with van der Waals surface area (Å²) >= 11 is 0. The molecule has 1 N–H and O–H groups in total. The zero-order valence-corrected chi connectivity index (χ0v) is 23.2. The molecule has 0 saturated carbocycles. The largest absolute Gasteiger partial charge is 0.493 e. The highest BCUT2D eigenvalue weighted by Crippen LogP contribution is 2.40. The Labute approximate surface area is 240 Å². The van der Waals surface area contributed by atoms with Gasteiger partial charge in [0, 0.05) is 5.92 Å². The van der Waals surface area contributed by atoms with Crippen LogP contribution in [0, 0.1) is 11.8 Å². The van der Waals surface area contributed by atoms with E-state index in [4.69, 9.17) is 23.7 Å². The van der Waals surface area contributed by atoms with Crippen molar-refractivity contribution >= 4 is 5.97 Å². The first-order valence-electron chi connectivity index (χ1n) is 13.6. The van der Waals surface area contributed by atoms with E-state index in [1.807, 2.05) is 78.9 Å². The van der Waals surface area contributed by atoms with Crippen LogP contribution in [0.25, 0.3) is 0 Å². The second-order valence-electron chi connectivity index (χ2n) is 10.0. The number of ether oxygens (including phenoxy) is 5. The molecule has 1 aliphatic heterocycles. The van der Waals surface area contributed by atoms with Crippen LogP contribution in [0.3, 0.4) is 0 Å². The quantitative estimate of drug-likeness (QED) is 0.218. The Morgan fingerprint density at radius 1 is 0.732 bits per heavy atom. The number of benzene rings is 4. The number of rotatable bonds is 12. The maximum atomic E-state index is 12.8. The van der Waals surface area contributed by atoms with Gasteiger partial charge in [0.1, 0.15) is 13.2 Å². The predicted molar refractivity (Wildman–Crippen MR) is 154 cm³/mol. The van der Waals surface area contributed by atoms with E-state index < -0.39 is 18.0 Å². The number of cyclic esters (lactones) is 1. The van der Waals surface area contributed by atoms with Gasteiger partial charge in [-0.05, 0) is 52.9 Å². The van der Waals surface area contributed by atoms with Crippen LogP contribution in [-0.4, -0.2) is 31.9 Å². The van der Waals surface area contributed by atoms with Crippen molar-refractivity contribution in [3.63, 3.8) is 0 Å². The summed E-state index contributed by atoms with van der Waals surface area (Å²) in [6.45, 7) is 1.04. The van der Waals surface area contributed by atoms with E-state index in [1.54, 1.807) is 32.4 Å². The molecule has 1 fully saturated rings. The van der Waals surface area contributed by atoms with Crippen molar-refractivity contribution in [3.8, 4) is 23.0 Å². The fraction of sp³-hybridized carbons (Fsp3) is 0.265. The van der Waals surface area contributed by atoms with Gasteiger partial charge in [-0.3, -0.25) is 4.79 Å².